The first-order chi connectivity index (χ1) is 27.1. The van der Waals surface area contributed by atoms with Gasteiger partial charge in [0.2, 0.25) is 0 Å². The lowest BCUT2D eigenvalue weighted by Gasteiger charge is -2.21. The Kier molecular flexibility index (Phi) is 28.0. The van der Waals surface area contributed by atoms with E-state index >= 15 is 0 Å². The second-order valence-corrected chi connectivity index (χ2v) is 16.8. The van der Waals surface area contributed by atoms with Crippen LogP contribution in [-0.4, -0.2) is 45.1 Å². The first-order valence-electron chi connectivity index (χ1n) is 23.8. The van der Waals surface area contributed by atoms with Gasteiger partial charge in [0, 0.05) is 31.5 Å². The van der Waals surface area contributed by atoms with E-state index in [1.807, 2.05) is 18.2 Å². The van der Waals surface area contributed by atoms with Crippen LogP contribution in [0.4, 0.5) is 0 Å². The van der Waals surface area contributed by atoms with E-state index in [1.165, 1.54) is 64.2 Å². The molecule has 0 aliphatic heterocycles. The second kappa shape index (κ2) is 34.9. The lowest BCUT2D eigenvalue weighted by atomic mass is 9.91. The van der Waals surface area contributed by atoms with Crippen LogP contribution in [0.25, 0.3) is 0 Å². The van der Waals surface area contributed by atoms with Gasteiger partial charge in [0.05, 0.1) is 19.8 Å². The zero-order chi connectivity index (χ0) is 42.4. The molecule has 0 spiro atoms. The molecule has 0 aromatic heterocycles. The number of carbonyl (C=O) groups excluding carboxylic acids is 2. The number of aldehydes is 2. The predicted molar refractivity (Wildman–Crippen MR) is 225 cm³/mol. The monoisotopic (exact) mass is 747 g/mol. The molecule has 308 valence electrons. The number of rotatable bonds is 39. The molecule has 7 atom stereocenters. The van der Waals surface area contributed by atoms with Gasteiger partial charge in [0.25, 0.3) is 0 Å². The maximum atomic E-state index is 10.7. The molecule has 1 rings (SSSR count). The SMILES string of the molecule is [2H]C([2H])(CC=O)CC[C@@H](C)CCC[C@@H](C)CCC[C@@H](C)CCOC[C@@H](COCc1ccccc1)OCC[C@H](C)CCC[C@H](C)CCC[C@H](C)CCC([2H])([2H])CC=O. The van der Waals surface area contributed by atoms with Crippen molar-refractivity contribution in [1.82, 2.24) is 0 Å². The fourth-order valence-electron chi connectivity index (χ4n) is 7.11. The second-order valence-electron chi connectivity index (χ2n) is 16.8. The molecule has 0 saturated carbocycles. The average molecular weight is 747 g/mol. The Labute approximate surface area is 334 Å². The summed E-state index contributed by atoms with van der Waals surface area (Å²) < 4.78 is 50.3. The normalized spacial score (nSPS) is 17.4. The minimum Gasteiger partial charge on any atom is -0.379 e. The highest BCUT2D eigenvalue weighted by Gasteiger charge is 2.14. The van der Waals surface area contributed by atoms with Gasteiger partial charge >= 0.3 is 0 Å². The van der Waals surface area contributed by atoms with E-state index in [0.29, 0.717) is 87.3 Å². The highest BCUT2D eigenvalue weighted by molar-refractivity contribution is 5.49. The molecule has 0 heterocycles. The fourth-order valence-corrected chi connectivity index (χ4v) is 7.11. The summed E-state index contributed by atoms with van der Waals surface area (Å²) in [7, 11) is 0. The molecule has 5 nitrogen and oxygen atoms in total. The van der Waals surface area contributed by atoms with Crippen molar-refractivity contribution >= 4 is 12.6 Å². The molecular formula is C48H86O5. The Hall–Kier alpha value is -1.56. The molecule has 1 aromatic carbocycles. The Balaban J connectivity index is 2.29. The van der Waals surface area contributed by atoms with Crippen molar-refractivity contribution in [2.45, 2.75) is 195 Å². The van der Waals surface area contributed by atoms with Crippen LogP contribution in [0.5, 0.6) is 0 Å². The van der Waals surface area contributed by atoms with Crippen LogP contribution >= 0.6 is 0 Å². The molecule has 1 aromatic rings. The van der Waals surface area contributed by atoms with Gasteiger partial charge in [0.15, 0.2) is 0 Å². The van der Waals surface area contributed by atoms with Gasteiger partial charge in [-0.05, 0) is 66.7 Å². The average Bonchev–Trinajstić information content (AvgIpc) is 3.15. The van der Waals surface area contributed by atoms with Crippen molar-refractivity contribution in [3.8, 4) is 0 Å². The molecule has 0 fully saturated rings. The molecule has 0 saturated heterocycles. The van der Waals surface area contributed by atoms with E-state index in [1.54, 1.807) is 0 Å². The summed E-state index contributed by atoms with van der Waals surface area (Å²) in [5, 5.41) is 0. The highest BCUT2D eigenvalue weighted by atomic mass is 16.6. The number of hydrogen-bond acceptors (Lipinski definition) is 5. The standard InChI is InChI=1S/C48H86O5/c1-41(20-10-8-14-34-49)22-16-24-43(3)26-18-28-45(5)32-36-51-39-48(40-52-38-47-30-12-7-13-31-47)53-37-33-46(6)29-19-27-44(4)25-17-23-42(2)21-11-9-15-35-50/h7,12-13,30-31,34-35,41-46,48H,8-11,14-29,32-33,36-40H2,1-6H3/t41-,42-,43-,44-,45-,46-,48+/m1/s1/i8D2,9D2. The first kappa shape index (κ1) is 42.6. The molecule has 0 amide bonds. The van der Waals surface area contributed by atoms with Crippen molar-refractivity contribution in [3.05, 3.63) is 35.9 Å². The molecule has 0 aliphatic rings. The number of benzene rings is 1. The van der Waals surface area contributed by atoms with Gasteiger partial charge in [-0.25, -0.2) is 0 Å². The third kappa shape index (κ3) is 31.4. The third-order valence-corrected chi connectivity index (χ3v) is 11.1. The minimum absolute atomic E-state index is 0.00151. The molecule has 0 aliphatic carbocycles. The summed E-state index contributed by atoms with van der Waals surface area (Å²) in [6.07, 6.45) is 17.8. The Morgan fingerprint density at radius 2 is 0.887 bits per heavy atom. The van der Waals surface area contributed by atoms with Crippen molar-refractivity contribution < 1.29 is 29.3 Å². The van der Waals surface area contributed by atoms with Crippen LogP contribution in [0, 0.1) is 35.5 Å². The summed E-state index contributed by atoms with van der Waals surface area (Å²) in [6.45, 7) is 16.9. The van der Waals surface area contributed by atoms with Gasteiger partial charge in [-0.15, -0.1) is 0 Å². The Morgan fingerprint density at radius 1 is 0.509 bits per heavy atom. The van der Waals surface area contributed by atoms with Gasteiger partial charge in [0.1, 0.15) is 18.7 Å². The van der Waals surface area contributed by atoms with Crippen LogP contribution in [0.1, 0.15) is 194 Å². The molecule has 0 N–H and O–H groups in total. The predicted octanol–water partition coefficient (Wildman–Crippen LogP) is 13.4. The molecular weight excluding hydrogens is 657 g/mol. The summed E-state index contributed by atoms with van der Waals surface area (Å²) >= 11 is 0. The van der Waals surface area contributed by atoms with Gasteiger partial charge in [-0.2, -0.15) is 0 Å². The summed E-state index contributed by atoms with van der Waals surface area (Å²) in [5.74, 6) is 3.65. The maximum absolute atomic E-state index is 10.7. The zero-order valence-electron chi connectivity index (χ0n) is 39.3. The molecule has 0 unspecified atom stereocenters. The summed E-state index contributed by atoms with van der Waals surface area (Å²) in [4.78, 5) is 21.4. The Morgan fingerprint density at radius 3 is 1.32 bits per heavy atom. The quantitative estimate of drug-likeness (QED) is 0.0496. The third-order valence-electron chi connectivity index (χ3n) is 11.1. The van der Waals surface area contributed by atoms with Crippen molar-refractivity contribution in [1.29, 1.82) is 0 Å². The van der Waals surface area contributed by atoms with Crippen LogP contribution in [-0.2, 0) is 30.4 Å². The molecule has 0 bridgehead atoms. The largest absolute Gasteiger partial charge is 0.379 e. The lowest BCUT2D eigenvalue weighted by Crippen LogP contribution is -2.27. The number of ether oxygens (including phenoxy) is 3. The maximum Gasteiger partial charge on any atom is 0.119 e. The van der Waals surface area contributed by atoms with Gasteiger partial charge in [-0.3, -0.25) is 0 Å². The first-order valence-corrected chi connectivity index (χ1v) is 21.8. The molecule has 5 heteroatoms. The van der Waals surface area contributed by atoms with Crippen LogP contribution in [0.3, 0.4) is 0 Å². The topological polar surface area (TPSA) is 61.8 Å². The van der Waals surface area contributed by atoms with E-state index in [0.717, 1.165) is 50.7 Å². The van der Waals surface area contributed by atoms with Crippen molar-refractivity contribution in [2.24, 2.45) is 35.5 Å². The summed E-state index contributed by atoms with van der Waals surface area (Å²) in [5.41, 5.74) is 1.16. The van der Waals surface area contributed by atoms with Crippen LogP contribution < -0.4 is 0 Å². The van der Waals surface area contributed by atoms with Crippen molar-refractivity contribution in [3.63, 3.8) is 0 Å². The molecule has 0 radical (unpaired) electrons. The zero-order valence-corrected chi connectivity index (χ0v) is 35.3. The lowest BCUT2D eigenvalue weighted by molar-refractivity contribution is -0.108. The highest BCUT2D eigenvalue weighted by Crippen LogP contribution is 2.24. The summed E-state index contributed by atoms with van der Waals surface area (Å²) in [6, 6.07) is 10.3. The van der Waals surface area contributed by atoms with E-state index < -0.39 is 12.7 Å². The van der Waals surface area contributed by atoms with E-state index in [2.05, 4.69) is 53.7 Å². The smallest absolute Gasteiger partial charge is 0.119 e. The van der Waals surface area contributed by atoms with E-state index in [-0.39, 0.29) is 18.9 Å². The van der Waals surface area contributed by atoms with Crippen LogP contribution in [0.15, 0.2) is 30.3 Å². The van der Waals surface area contributed by atoms with E-state index in [9.17, 15) is 9.59 Å². The fraction of sp³-hybridized carbons (Fsp3) is 0.833. The van der Waals surface area contributed by atoms with Crippen LogP contribution in [0.2, 0.25) is 0 Å². The van der Waals surface area contributed by atoms with Crippen molar-refractivity contribution in [2.75, 3.05) is 26.4 Å². The number of hydrogen-bond donors (Lipinski definition) is 0. The molecule has 53 heavy (non-hydrogen) atoms. The van der Waals surface area contributed by atoms with E-state index in [4.69, 9.17) is 19.7 Å². The number of carbonyl (C=O) groups is 2. The van der Waals surface area contributed by atoms with Gasteiger partial charge < -0.3 is 23.8 Å². The Bertz CT molecular complexity index is 1110. The van der Waals surface area contributed by atoms with Gasteiger partial charge in [-0.1, -0.05) is 175 Å². The minimum atomic E-state index is -1.36.